The molecule has 0 spiro atoms. The van der Waals surface area contributed by atoms with Crippen molar-refractivity contribution < 1.29 is 27.8 Å². The number of anilines is 1. The molecule has 1 heterocycles. The Morgan fingerprint density at radius 2 is 1.81 bits per heavy atom. The van der Waals surface area contributed by atoms with E-state index in [0.29, 0.717) is 38.2 Å². The first kappa shape index (κ1) is 15.6. The number of amides is 2. The first-order valence-corrected chi connectivity index (χ1v) is 6.39. The molecule has 0 saturated carbocycles. The van der Waals surface area contributed by atoms with Gasteiger partial charge in [0.25, 0.3) is 0 Å². The lowest BCUT2D eigenvalue weighted by Crippen LogP contribution is -2.47. The minimum atomic E-state index is -1.22. The molecule has 3 N–H and O–H groups in total. The number of benzene rings is 1. The van der Waals surface area contributed by atoms with Gasteiger partial charge in [-0.3, -0.25) is 0 Å². The van der Waals surface area contributed by atoms with Crippen LogP contribution >= 0.6 is 0 Å². The molecule has 1 aliphatic heterocycles. The number of carbonyl (C=O) groups is 1. The van der Waals surface area contributed by atoms with Gasteiger partial charge in [0.2, 0.25) is 0 Å². The third-order valence-electron chi connectivity index (χ3n) is 3.25. The van der Waals surface area contributed by atoms with Crippen molar-refractivity contribution in [2.45, 2.75) is 18.4 Å². The van der Waals surface area contributed by atoms with Crippen LogP contribution in [0.4, 0.5) is 23.7 Å². The maximum Gasteiger partial charge on any atom is 0.319 e. The summed E-state index contributed by atoms with van der Waals surface area (Å²) in [5, 5.41) is 14.4. The average Bonchev–Trinajstić information content (AvgIpc) is 2.41. The summed E-state index contributed by atoms with van der Waals surface area (Å²) in [6.07, 6.45) is 0.707. The number of rotatable bonds is 3. The molecule has 1 aromatic rings. The second kappa shape index (κ2) is 6.31. The Labute approximate surface area is 119 Å². The summed E-state index contributed by atoms with van der Waals surface area (Å²) in [5.74, 6) is -3.51. The Morgan fingerprint density at radius 3 is 2.38 bits per heavy atom. The van der Waals surface area contributed by atoms with Gasteiger partial charge in [0.1, 0.15) is 11.5 Å². The summed E-state index contributed by atoms with van der Waals surface area (Å²) in [5.41, 5.74) is -1.84. The van der Waals surface area contributed by atoms with Gasteiger partial charge < -0.3 is 20.5 Å². The molecule has 8 heteroatoms. The van der Waals surface area contributed by atoms with E-state index < -0.39 is 34.8 Å². The van der Waals surface area contributed by atoms with Crippen LogP contribution in [0.1, 0.15) is 12.8 Å². The van der Waals surface area contributed by atoms with Crippen LogP contribution in [0.2, 0.25) is 0 Å². The normalized spacial score (nSPS) is 17.3. The summed E-state index contributed by atoms with van der Waals surface area (Å²) in [6, 6.07) is 0.0365. The highest BCUT2D eigenvalue weighted by molar-refractivity contribution is 5.89. The number of carbonyl (C=O) groups excluding carboxylic acids is 1. The molecule has 2 amide bonds. The Balaban J connectivity index is 1.93. The molecule has 0 radical (unpaired) electrons. The molecule has 1 aromatic carbocycles. The number of nitrogens with one attached hydrogen (secondary N) is 2. The van der Waals surface area contributed by atoms with E-state index in [1.165, 1.54) is 0 Å². The van der Waals surface area contributed by atoms with Crippen LogP contribution in [0.5, 0.6) is 0 Å². The zero-order valence-corrected chi connectivity index (χ0v) is 11.1. The predicted molar refractivity (Wildman–Crippen MR) is 68.3 cm³/mol. The maximum atomic E-state index is 13.4. The second-order valence-electron chi connectivity index (χ2n) is 4.89. The number of urea groups is 1. The van der Waals surface area contributed by atoms with Gasteiger partial charge in [0, 0.05) is 44.7 Å². The van der Waals surface area contributed by atoms with Gasteiger partial charge in [0.05, 0.1) is 5.60 Å². The van der Waals surface area contributed by atoms with Crippen molar-refractivity contribution in [2.24, 2.45) is 0 Å². The molecule has 0 atom stereocenters. The Bertz CT molecular complexity index is 510. The fourth-order valence-electron chi connectivity index (χ4n) is 1.99. The number of halogens is 3. The van der Waals surface area contributed by atoms with E-state index >= 15 is 0 Å². The van der Waals surface area contributed by atoms with E-state index in [0.717, 1.165) is 0 Å². The van der Waals surface area contributed by atoms with Gasteiger partial charge in [-0.1, -0.05) is 0 Å². The summed E-state index contributed by atoms with van der Waals surface area (Å²) >= 11 is 0. The van der Waals surface area contributed by atoms with Crippen LogP contribution in [0.25, 0.3) is 0 Å². The molecule has 1 aliphatic rings. The van der Waals surface area contributed by atoms with Crippen molar-refractivity contribution in [3.05, 3.63) is 29.6 Å². The van der Waals surface area contributed by atoms with Crippen LogP contribution in [-0.2, 0) is 4.74 Å². The van der Waals surface area contributed by atoms with Crippen LogP contribution in [0, 0.1) is 17.5 Å². The van der Waals surface area contributed by atoms with Crippen molar-refractivity contribution in [3.63, 3.8) is 0 Å². The zero-order chi connectivity index (χ0) is 15.5. The largest absolute Gasteiger partial charge is 0.388 e. The standard InChI is InChI=1S/C13H15F3N2O3/c14-8-5-9(15)11(10(16)6-8)18-12(19)17-7-13(20)1-3-21-4-2-13/h5-6,20H,1-4,7H2,(H2,17,18,19). The van der Waals surface area contributed by atoms with E-state index in [1.54, 1.807) is 0 Å². The number of hydrogen-bond donors (Lipinski definition) is 3. The molecule has 0 bridgehead atoms. The van der Waals surface area contributed by atoms with Gasteiger partial charge in [-0.25, -0.2) is 18.0 Å². The maximum absolute atomic E-state index is 13.4. The predicted octanol–water partition coefficient (Wildman–Crippen LogP) is 1.77. The van der Waals surface area contributed by atoms with E-state index in [2.05, 4.69) is 5.32 Å². The van der Waals surface area contributed by atoms with Crippen molar-refractivity contribution in [1.29, 1.82) is 0 Å². The van der Waals surface area contributed by atoms with E-state index in [1.807, 2.05) is 5.32 Å². The van der Waals surface area contributed by atoms with E-state index in [-0.39, 0.29) is 6.54 Å². The monoisotopic (exact) mass is 304 g/mol. The molecule has 1 saturated heterocycles. The average molecular weight is 304 g/mol. The molecular formula is C13H15F3N2O3. The second-order valence-corrected chi connectivity index (χ2v) is 4.89. The minimum Gasteiger partial charge on any atom is -0.388 e. The first-order valence-electron chi connectivity index (χ1n) is 6.39. The van der Waals surface area contributed by atoms with Crippen LogP contribution in [-0.4, -0.2) is 36.5 Å². The molecule has 1 fully saturated rings. The lowest BCUT2D eigenvalue weighted by molar-refractivity contribution is -0.0598. The molecular weight excluding hydrogens is 289 g/mol. The molecule has 116 valence electrons. The quantitative estimate of drug-likeness (QED) is 0.797. The third kappa shape index (κ3) is 4.08. The number of hydrogen-bond acceptors (Lipinski definition) is 3. The summed E-state index contributed by atoms with van der Waals surface area (Å²) in [6.45, 7) is 0.675. The fraction of sp³-hybridized carbons (Fsp3) is 0.462. The lowest BCUT2D eigenvalue weighted by Gasteiger charge is -2.32. The van der Waals surface area contributed by atoms with Gasteiger partial charge in [-0.2, -0.15) is 0 Å². The molecule has 0 aliphatic carbocycles. The number of ether oxygens (including phenoxy) is 1. The SMILES string of the molecule is O=C(NCC1(O)CCOCC1)Nc1c(F)cc(F)cc1F. The molecule has 0 unspecified atom stereocenters. The number of aliphatic hydroxyl groups is 1. The molecule has 2 rings (SSSR count). The van der Waals surface area contributed by atoms with Gasteiger partial charge >= 0.3 is 6.03 Å². The van der Waals surface area contributed by atoms with Crippen molar-refractivity contribution >= 4 is 11.7 Å². The van der Waals surface area contributed by atoms with Crippen LogP contribution in [0.3, 0.4) is 0 Å². The summed E-state index contributed by atoms with van der Waals surface area (Å²) < 4.78 is 44.5. The summed E-state index contributed by atoms with van der Waals surface area (Å²) in [7, 11) is 0. The minimum absolute atomic E-state index is 0.0768. The van der Waals surface area contributed by atoms with Crippen molar-refractivity contribution in [1.82, 2.24) is 5.32 Å². The van der Waals surface area contributed by atoms with Crippen LogP contribution < -0.4 is 10.6 Å². The Kier molecular flexibility index (Phi) is 4.69. The van der Waals surface area contributed by atoms with Crippen LogP contribution in [0.15, 0.2) is 12.1 Å². The van der Waals surface area contributed by atoms with Crippen molar-refractivity contribution in [2.75, 3.05) is 25.1 Å². The highest BCUT2D eigenvalue weighted by Crippen LogP contribution is 2.21. The van der Waals surface area contributed by atoms with Crippen molar-refractivity contribution in [3.8, 4) is 0 Å². The molecule has 0 aromatic heterocycles. The van der Waals surface area contributed by atoms with E-state index in [9.17, 15) is 23.1 Å². The first-order chi connectivity index (χ1) is 9.89. The smallest absolute Gasteiger partial charge is 0.319 e. The lowest BCUT2D eigenvalue weighted by atomic mass is 9.94. The summed E-state index contributed by atoms with van der Waals surface area (Å²) in [4.78, 5) is 11.6. The highest BCUT2D eigenvalue weighted by Gasteiger charge is 2.30. The molecule has 21 heavy (non-hydrogen) atoms. The van der Waals surface area contributed by atoms with Gasteiger partial charge in [0.15, 0.2) is 11.6 Å². The Hall–Kier alpha value is -1.80. The van der Waals surface area contributed by atoms with Gasteiger partial charge in [-0.15, -0.1) is 0 Å². The molecule has 5 nitrogen and oxygen atoms in total. The third-order valence-corrected chi connectivity index (χ3v) is 3.25. The fourth-order valence-corrected chi connectivity index (χ4v) is 1.99. The van der Waals surface area contributed by atoms with Gasteiger partial charge in [-0.05, 0) is 0 Å². The highest BCUT2D eigenvalue weighted by atomic mass is 19.1. The van der Waals surface area contributed by atoms with E-state index in [4.69, 9.17) is 4.74 Å². The topological polar surface area (TPSA) is 70.6 Å². The Morgan fingerprint density at radius 1 is 1.24 bits per heavy atom. The zero-order valence-electron chi connectivity index (χ0n) is 11.1.